The minimum Gasteiger partial charge on any atom is -0.493 e. The fourth-order valence-corrected chi connectivity index (χ4v) is 3.54. The number of carbonyl (C=O) groups is 1. The number of amides is 1. The van der Waals surface area contributed by atoms with E-state index in [1.165, 1.54) is 0 Å². The van der Waals surface area contributed by atoms with Crippen LogP contribution in [-0.4, -0.2) is 37.0 Å². The summed E-state index contributed by atoms with van der Waals surface area (Å²) in [6.07, 6.45) is 3.70. The van der Waals surface area contributed by atoms with Crippen molar-refractivity contribution in [2.45, 2.75) is 18.9 Å². The largest absolute Gasteiger partial charge is 0.493 e. The molecule has 2 aromatic heterocycles. The van der Waals surface area contributed by atoms with Gasteiger partial charge in [0.15, 0.2) is 11.5 Å². The lowest BCUT2D eigenvalue weighted by Crippen LogP contribution is -2.25. The van der Waals surface area contributed by atoms with Gasteiger partial charge in [-0.2, -0.15) is 5.10 Å². The maximum absolute atomic E-state index is 12.4. The van der Waals surface area contributed by atoms with Gasteiger partial charge in [-0.25, -0.2) is 4.68 Å². The third-order valence-electron chi connectivity index (χ3n) is 4.87. The molecular weight excluding hydrogens is 362 g/mol. The van der Waals surface area contributed by atoms with Crippen LogP contribution in [0, 0.1) is 0 Å². The lowest BCUT2D eigenvalue weighted by atomic mass is 9.87. The number of aromatic nitrogens is 2. The summed E-state index contributed by atoms with van der Waals surface area (Å²) < 4.78 is 23.5. The van der Waals surface area contributed by atoms with Crippen LogP contribution < -0.4 is 19.5 Å². The number of methoxy groups -OCH3 is 3. The number of rotatable bonds is 6. The molecule has 28 heavy (non-hydrogen) atoms. The zero-order chi connectivity index (χ0) is 19.7. The Morgan fingerprint density at radius 3 is 2.57 bits per heavy atom. The molecule has 8 nitrogen and oxygen atoms in total. The highest BCUT2D eigenvalue weighted by atomic mass is 16.5. The fourth-order valence-electron chi connectivity index (χ4n) is 3.54. The number of hydrogen-bond donors (Lipinski definition) is 1. The third-order valence-corrected chi connectivity index (χ3v) is 4.87. The molecule has 8 heteroatoms. The van der Waals surface area contributed by atoms with Crippen LogP contribution in [0.2, 0.25) is 0 Å². The third kappa shape index (κ3) is 3.06. The quantitative estimate of drug-likeness (QED) is 0.704. The Morgan fingerprint density at radius 2 is 1.96 bits per heavy atom. The lowest BCUT2D eigenvalue weighted by Gasteiger charge is -2.25. The smallest absolute Gasteiger partial charge is 0.226 e. The topological polar surface area (TPSA) is 87.8 Å². The van der Waals surface area contributed by atoms with Gasteiger partial charge in [0, 0.05) is 17.9 Å². The number of ether oxygens (including phenoxy) is 3. The van der Waals surface area contributed by atoms with Crippen molar-refractivity contribution in [3.63, 3.8) is 0 Å². The van der Waals surface area contributed by atoms with E-state index in [0.29, 0.717) is 36.0 Å². The molecule has 146 valence electrons. The molecule has 0 bridgehead atoms. The first-order chi connectivity index (χ1) is 13.6. The van der Waals surface area contributed by atoms with E-state index in [1.54, 1.807) is 38.5 Å². The summed E-state index contributed by atoms with van der Waals surface area (Å²) in [6.45, 7) is 0.435. The van der Waals surface area contributed by atoms with Gasteiger partial charge in [-0.3, -0.25) is 4.79 Å². The first-order valence-corrected chi connectivity index (χ1v) is 8.82. The van der Waals surface area contributed by atoms with Crippen molar-refractivity contribution in [2.24, 2.45) is 0 Å². The van der Waals surface area contributed by atoms with Crippen molar-refractivity contribution in [3.8, 4) is 17.2 Å². The molecule has 4 rings (SSSR count). The van der Waals surface area contributed by atoms with E-state index in [-0.39, 0.29) is 11.8 Å². The monoisotopic (exact) mass is 383 g/mol. The number of nitrogens with one attached hydrogen (secondary N) is 1. The molecule has 1 amide bonds. The van der Waals surface area contributed by atoms with Crippen LogP contribution >= 0.6 is 0 Å². The first kappa shape index (κ1) is 18.0. The molecule has 3 heterocycles. The van der Waals surface area contributed by atoms with E-state index >= 15 is 0 Å². The number of fused-ring (bicyclic) bond motifs is 1. The van der Waals surface area contributed by atoms with Crippen molar-refractivity contribution >= 4 is 11.7 Å². The van der Waals surface area contributed by atoms with Gasteiger partial charge >= 0.3 is 0 Å². The van der Waals surface area contributed by atoms with Crippen molar-refractivity contribution < 1.29 is 23.4 Å². The molecule has 0 saturated carbocycles. The van der Waals surface area contributed by atoms with E-state index in [1.807, 2.05) is 24.3 Å². The average molecular weight is 383 g/mol. The van der Waals surface area contributed by atoms with Crippen molar-refractivity contribution in [2.75, 3.05) is 26.6 Å². The molecule has 0 aliphatic carbocycles. The van der Waals surface area contributed by atoms with Gasteiger partial charge in [0.25, 0.3) is 0 Å². The summed E-state index contributed by atoms with van der Waals surface area (Å²) >= 11 is 0. The molecule has 0 saturated heterocycles. The van der Waals surface area contributed by atoms with Gasteiger partial charge in [0.1, 0.15) is 18.1 Å². The summed E-state index contributed by atoms with van der Waals surface area (Å²) in [6, 6.07) is 7.44. The second-order valence-electron chi connectivity index (χ2n) is 6.45. The molecule has 1 aliphatic heterocycles. The zero-order valence-corrected chi connectivity index (χ0v) is 15.9. The highest BCUT2D eigenvalue weighted by Crippen LogP contribution is 2.44. The van der Waals surface area contributed by atoms with E-state index in [4.69, 9.17) is 18.6 Å². The SMILES string of the molecule is COc1cc(C2CC(=O)Nc3c2cnn3Cc2ccco2)cc(OC)c1OC. The van der Waals surface area contributed by atoms with E-state index in [0.717, 1.165) is 16.9 Å². The summed E-state index contributed by atoms with van der Waals surface area (Å²) in [5, 5.41) is 7.39. The lowest BCUT2D eigenvalue weighted by molar-refractivity contribution is -0.116. The standard InChI is InChI=1S/C20H21N3O5/c1-25-16-7-12(8-17(26-2)19(16)27-3)14-9-18(24)22-20-15(14)10-21-23(20)11-13-5-4-6-28-13/h4-8,10,14H,9,11H2,1-3H3,(H,22,24). The predicted molar refractivity (Wildman–Crippen MR) is 101 cm³/mol. The molecule has 1 aromatic carbocycles. The molecule has 0 radical (unpaired) electrons. The molecule has 1 N–H and O–H groups in total. The number of anilines is 1. The van der Waals surface area contributed by atoms with Crippen molar-refractivity contribution in [3.05, 3.63) is 53.6 Å². The Bertz CT molecular complexity index is 968. The van der Waals surface area contributed by atoms with Crippen LogP contribution in [0.25, 0.3) is 0 Å². The normalized spacial score (nSPS) is 15.7. The molecule has 1 aliphatic rings. The van der Waals surface area contributed by atoms with Gasteiger partial charge in [0.05, 0.1) is 33.8 Å². The van der Waals surface area contributed by atoms with E-state index in [2.05, 4.69) is 10.4 Å². The highest BCUT2D eigenvalue weighted by Gasteiger charge is 2.31. The van der Waals surface area contributed by atoms with Crippen LogP contribution in [0.5, 0.6) is 17.2 Å². The summed E-state index contributed by atoms with van der Waals surface area (Å²) in [5.74, 6) is 2.79. The molecule has 0 fully saturated rings. The van der Waals surface area contributed by atoms with Crippen LogP contribution in [-0.2, 0) is 11.3 Å². The molecule has 1 atom stereocenters. The Morgan fingerprint density at radius 1 is 1.21 bits per heavy atom. The number of furan rings is 1. The minimum absolute atomic E-state index is 0.0764. The Hall–Kier alpha value is -3.42. The highest BCUT2D eigenvalue weighted by molar-refractivity contribution is 5.94. The maximum atomic E-state index is 12.4. The Labute approximate surface area is 162 Å². The first-order valence-electron chi connectivity index (χ1n) is 8.82. The number of nitrogens with zero attached hydrogens (tertiary/aromatic N) is 2. The van der Waals surface area contributed by atoms with Crippen LogP contribution in [0.4, 0.5) is 5.82 Å². The number of benzene rings is 1. The predicted octanol–water partition coefficient (Wildman–Crippen LogP) is 3.02. The summed E-state index contributed by atoms with van der Waals surface area (Å²) in [7, 11) is 4.70. The molecule has 3 aromatic rings. The van der Waals surface area contributed by atoms with Crippen molar-refractivity contribution in [1.82, 2.24) is 9.78 Å². The Kier molecular flexibility index (Phi) is 4.68. The maximum Gasteiger partial charge on any atom is 0.226 e. The van der Waals surface area contributed by atoms with Gasteiger partial charge < -0.3 is 23.9 Å². The number of carbonyl (C=O) groups excluding carboxylic acids is 1. The van der Waals surface area contributed by atoms with Crippen LogP contribution in [0.1, 0.15) is 29.2 Å². The van der Waals surface area contributed by atoms with Crippen LogP contribution in [0.15, 0.2) is 41.1 Å². The summed E-state index contributed by atoms with van der Waals surface area (Å²) in [4.78, 5) is 12.4. The Balaban J connectivity index is 1.76. The summed E-state index contributed by atoms with van der Waals surface area (Å²) in [5.41, 5.74) is 1.82. The second-order valence-corrected chi connectivity index (χ2v) is 6.45. The van der Waals surface area contributed by atoms with E-state index in [9.17, 15) is 4.79 Å². The average Bonchev–Trinajstić information content (AvgIpc) is 3.37. The van der Waals surface area contributed by atoms with Crippen molar-refractivity contribution in [1.29, 1.82) is 0 Å². The zero-order valence-electron chi connectivity index (χ0n) is 15.9. The molecule has 0 spiro atoms. The van der Waals surface area contributed by atoms with Gasteiger partial charge in [-0.05, 0) is 29.8 Å². The van der Waals surface area contributed by atoms with Gasteiger partial charge in [-0.1, -0.05) is 0 Å². The minimum atomic E-state index is -0.178. The molecular formula is C20H21N3O5. The fraction of sp³-hybridized carbons (Fsp3) is 0.300. The molecule has 1 unspecified atom stereocenters. The van der Waals surface area contributed by atoms with Gasteiger partial charge in [0.2, 0.25) is 11.7 Å². The second kappa shape index (κ2) is 7.30. The van der Waals surface area contributed by atoms with Crippen LogP contribution in [0.3, 0.4) is 0 Å². The van der Waals surface area contributed by atoms with E-state index < -0.39 is 0 Å². The van der Waals surface area contributed by atoms with Gasteiger partial charge in [-0.15, -0.1) is 0 Å². The number of hydrogen-bond acceptors (Lipinski definition) is 6.